The topological polar surface area (TPSA) is 126 Å². The second-order valence-electron chi connectivity index (χ2n) is 10.9. The van der Waals surface area contributed by atoms with Crippen LogP contribution in [-0.4, -0.2) is 77.1 Å². The summed E-state index contributed by atoms with van der Waals surface area (Å²) in [7, 11) is 1.62. The van der Waals surface area contributed by atoms with E-state index >= 15 is 0 Å². The number of benzene rings is 1. The number of pyridine rings is 1. The number of nitriles is 1. The Hall–Kier alpha value is -4.43. The average molecular weight is 572 g/mol. The Balaban J connectivity index is 1.09. The number of piperidine rings is 1. The molecule has 2 saturated heterocycles. The fourth-order valence-corrected chi connectivity index (χ4v) is 5.55. The molecule has 11 nitrogen and oxygen atoms in total. The first-order chi connectivity index (χ1) is 20.4. The summed E-state index contributed by atoms with van der Waals surface area (Å²) in [6, 6.07) is 13.4. The molecule has 2 aliphatic heterocycles. The Morgan fingerprint density at radius 2 is 1.83 bits per heavy atom. The first kappa shape index (κ1) is 29.1. The van der Waals surface area contributed by atoms with E-state index < -0.39 is 6.10 Å². The SMILES string of the molecule is COc1ccc(Cn2ncc(N[C@@H](C)COC3CCN(C4CCN(c5ccc(C#N)cn5)CC4)C3=O)c(C)c2=O)cc1. The number of aromatic nitrogens is 3. The van der Waals surface area contributed by atoms with Gasteiger partial charge in [0.2, 0.25) is 0 Å². The number of anilines is 2. The maximum Gasteiger partial charge on any atom is 0.272 e. The molecule has 5 rings (SSSR count). The summed E-state index contributed by atoms with van der Waals surface area (Å²) in [6.45, 7) is 6.77. The van der Waals surface area contributed by atoms with Crippen LogP contribution in [0.1, 0.15) is 42.9 Å². The summed E-state index contributed by atoms with van der Waals surface area (Å²) in [5.74, 6) is 1.68. The lowest BCUT2D eigenvalue weighted by atomic mass is 10.0. The van der Waals surface area contributed by atoms with Crippen molar-refractivity contribution in [2.75, 3.05) is 43.6 Å². The van der Waals surface area contributed by atoms with Crippen molar-refractivity contribution in [2.45, 2.75) is 57.8 Å². The van der Waals surface area contributed by atoms with E-state index in [9.17, 15) is 9.59 Å². The molecule has 1 aromatic carbocycles. The fourth-order valence-electron chi connectivity index (χ4n) is 5.55. The van der Waals surface area contributed by atoms with Gasteiger partial charge in [0.05, 0.1) is 37.7 Å². The van der Waals surface area contributed by atoms with Gasteiger partial charge in [-0.15, -0.1) is 0 Å². The standard InChI is InChI=1S/C31H37N7O4/c1-21(35-27-18-34-38(30(39)22(27)2)19-23-4-7-26(41-3)8-5-23)20-42-28-12-15-37(31(28)40)25-10-13-36(14-11-25)29-9-6-24(16-32)17-33-29/h4-9,17-18,21,25,28,35H,10-15,19-20H2,1-3H3/t21-,28?/m0/s1. The number of amides is 1. The van der Waals surface area contributed by atoms with Crippen LogP contribution >= 0.6 is 0 Å². The van der Waals surface area contributed by atoms with Gasteiger partial charge in [-0.05, 0) is 56.5 Å². The van der Waals surface area contributed by atoms with Crippen LogP contribution in [0.15, 0.2) is 53.6 Å². The molecule has 11 heteroatoms. The molecule has 1 amide bonds. The number of rotatable bonds is 10. The molecule has 0 radical (unpaired) electrons. The Morgan fingerprint density at radius 1 is 1.07 bits per heavy atom. The van der Waals surface area contributed by atoms with E-state index in [-0.39, 0.29) is 23.6 Å². The third kappa shape index (κ3) is 6.55. The molecular weight excluding hydrogens is 534 g/mol. The smallest absolute Gasteiger partial charge is 0.272 e. The molecule has 3 aromatic rings. The number of hydrogen-bond acceptors (Lipinski definition) is 9. The lowest BCUT2D eigenvalue weighted by Gasteiger charge is -2.37. The summed E-state index contributed by atoms with van der Waals surface area (Å²) in [5, 5.41) is 16.7. The van der Waals surface area contributed by atoms with Gasteiger partial charge in [0, 0.05) is 49.9 Å². The van der Waals surface area contributed by atoms with Crippen molar-refractivity contribution >= 4 is 17.4 Å². The van der Waals surface area contributed by atoms with Crippen LogP contribution in [0.4, 0.5) is 11.5 Å². The van der Waals surface area contributed by atoms with Crippen LogP contribution in [0.25, 0.3) is 0 Å². The van der Waals surface area contributed by atoms with Gasteiger partial charge in [-0.2, -0.15) is 10.4 Å². The van der Waals surface area contributed by atoms with Gasteiger partial charge in [0.15, 0.2) is 0 Å². The zero-order chi connectivity index (χ0) is 29.6. The van der Waals surface area contributed by atoms with Crippen molar-refractivity contribution < 1.29 is 14.3 Å². The average Bonchev–Trinajstić information content (AvgIpc) is 3.40. The van der Waals surface area contributed by atoms with Gasteiger partial charge in [-0.1, -0.05) is 12.1 Å². The minimum Gasteiger partial charge on any atom is -0.497 e. The van der Waals surface area contributed by atoms with Crippen LogP contribution in [-0.2, 0) is 16.1 Å². The number of likely N-dealkylation sites (tertiary alicyclic amines) is 1. The molecule has 1 N–H and O–H groups in total. The molecule has 220 valence electrons. The van der Waals surface area contributed by atoms with E-state index in [0.717, 1.165) is 43.1 Å². The highest BCUT2D eigenvalue weighted by Crippen LogP contribution is 2.26. The Morgan fingerprint density at radius 3 is 2.50 bits per heavy atom. The Labute approximate surface area is 245 Å². The van der Waals surface area contributed by atoms with E-state index in [4.69, 9.17) is 14.7 Å². The van der Waals surface area contributed by atoms with Crippen LogP contribution in [0, 0.1) is 18.3 Å². The molecule has 0 saturated carbocycles. The van der Waals surface area contributed by atoms with Crippen molar-refractivity contribution in [2.24, 2.45) is 0 Å². The highest BCUT2D eigenvalue weighted by molar-refractivity contribution is 5.83. The minimum atomic E-state index is -0.454. The molecule has 1 unspecified atom stereocenters. The van der Waals surface area contributed by atoms with Crippen molar-refractivity contribution in [3.8, 4) is 11.8 Å². The summed E-state index contributed by atoms with van der Waals surface area (Å²) in [6.07, 6.45) is 5.22. The molecular formula is C31H37N7O4. The quantitative estimate of drug-likeness (QED) is 0.391. The first-order valence-corrected chi connectivity index (χ1v) is 14.4. The van der Waals surface area contributed by atoms with E-state index in [2.05, 4.69) is 26.4 Å². The third-order valence-electron chi connectivity index (χ3n) is 8.02. The van der Waals surface area contributed by atoms with E-state index in [1.165, 1.54) is 4.68 Å². The van der Waals surface area contributed by atoms with Gasteiger partial charge in [0.25, 0.3) is 11.5 Å². The lowest BCUT2D eigenvalue weighted by Crippen LogP contribution is -2.47. The molecule has 42 heavy (non-hydrogen) atoms. The monoisotopic (exact) mass is 571 g/mol. The number of methoxy groups -OCH3 is 1. The fraction of sp³-hybridized carbons (Fsp3) is 0.452. The summed E-state index contributed by atoms with van der Waals surface area (Å²) in [4.78, 5) is 34.7. The second-order valence-corrected chi connectivity index (χ2v) is 10.9. The molecule has 2 fully saturated rings. The third-order valence-corrected chi connectivity index (χ3v) is 8.02. The van der Waals surface area contributed by atoms with Crippen LogP contribution in [0.5, 0.6) is 5.75 Å². The number of nitrogens with zero attached hydrogens (tertiary/aromatic N) is 6. The maximum atomic E-state index is 13.2. The lowest BCUT2D eigenvalue weighted by molar-refractivity contribution is -0.139. The summed E-state index contributed by atoms with van der Waals surface area (Å²) in [5.41, 5.74) is 2.58. The van der Waals surface area contributed by atoms with Crippen molar-refractivity contribution in [3.05, 3.63) is 75.8 Å². The van der Waals surface area contributed by atoms with E-state index in [1.54, 1.807) is 32.5 Å². The highest BCUT2D eigenvalue weighted by Gasteiger charge is 2.38. The Bertz CT molecular complexity index is 1480. The normalized spacial score (nSPS) is 18.1. The summed E-state index contributed by atoms with van der Waals surface area (Å²) >= 11 is 0. The highest BCUT2D eigenvalue weighted by atomic mass is 16.5. The minimum absolute atomic E-state index is 0.0520. The predicted octanol–water partition coefficient (Wildman–Crippen LogP) is 2.96. The summed E-state index contributed by atoms with van der Waals surface area (Å²) < 4.78 is 12.7. The zero-order valence-electron chi connectivity index (χ0n) is 24.3. The number of hydrogen-bond donors (Lipinski definition) is 1. The van der Waals surface area contributed by atoms with Gasteiger partial charge in [-0.25, -0.2) is 9.67 Å². The molecule has 2 aromatic heterocycles. The number of carbonyl (C=O) groups excluding carboxylic acids is 1. The molecule has 2 aliphatic rings. The Kier molecular flexibility index (Phi) is 9.03. The number of nitrogens with one attached hydrogen (secondary N) is 1. The largest absolute Gasteiger partial charge is 0.497 e. The number of ether oxygens (including phenoxy) is 2. The van der Waals surface area contributed by atoms with Gasteiger partial charge in [0.1, 0.15) is 23.7 Å². The second kappa shape index (κ2) is 13.0. The van der Waals surface area contributed by atoms with Crippen LogP contribution in [0.2, 0.25) is 0 Å². The molecule has 2 atom stereocenters. The molecule has 4 heterocycles. The van der Waals surface area contributed by atoms with Crippen molar-refractivity contribution in [1.29, 1.82) is 5.26 Å². The molecule has 0 aliphatic carbocycles. The van der Waals surface area contributed by atoms with Gasteiger partial charge >= 0.3 is 0 Å². The predicted molar refractivity (Wildman–Crippen MR) is 159 cm³/mol. The van der Waals surface area contributed by atoms with Crippen molar-refractivity contribution in [1.82, 2.24) is 19.7 Å². The number of carbonyl (C=O) groups is 1. The van der Waals surface area contributed by atoms with Gasteiger partial charge in [-0.3, -0.25) is 9.59 Å². The van der Waals surface area contributed by atoms with Crippen LogP contribution < -0.4 is 20.5 Å². The molecule has 0 bridgehead atoms. The van der Waals surface area contributed by atoms with Gasteiger partial charge < -0.3 is 24.6 Å². The zero-order valence-corrected chi connectivity index (χ0v) is 24.3. The first-order valence-electron chi connectivity index (χ1n) is 14.4. The van der Waals surface area contributed by atoms with Crippen molar-refractivity contribution in [3.63, 3.8) is 0 Å². The van der Waals surface area contributed by atoms with E-state index in [1.807, 2.05) is 42.2 Å². The van der Waals surface area contributed by atoms with Crippen LogP contribution in [0.3, 0.4) is 0 Å². The van der Waals surface area contributed by atoms with E-state index in [0.29, 0.717) is 42.9 Å². The maximum absolute atomic E-state index is 13.2. The molecule has 0 spiro atoms.